The molecule has 0 aliphatic rings. The van der Waals surface area contributed by atoms with Crippen LogP contribution in [0.1, 0.15) is 12.5 Å². The van der Waals surface area contributed by atoms with Gasteiger partial charge in [-0.25, -0.2) is 0 Å². The highest BCUT2D eigenvalue weighted by molar-refractivity contribution is 7.68. The highest BCUT2D eigenvalue weighted by Gasteiger charge is 2.44. The Morgan fingerprint density at radius 1 is 1.10 bits per heavy atom. The molecule has 2 atom stereocenters. The number of rotatable bonds is 4. The van der Waals surface area contributed by atoms with Gasteiger partial charge in [-0.3, -0.25) is 4.57 Å². The smallest absolute Gasteiger partial charge is 0.254 e. The van der Waals surface area contributed by atoms with Crippen LogP contribution in [0, 0.1) is 0 Å². The van der Waals surface area contributed by atoms with E-state index in [2.05, 4.69) is 0 Å². The van der Waals surface area contributed by atoms with Crippen molar-refractivity contribution >= 4 is 24.3 Å². The van der Waals surface area contributed by atoms with Gasteiger partial charge < -0.3 is 9.63 Å². The van der Waals surface area contributed by atoms with Crippen molar-refractivity contribution in [2.24, 2.45) is 0 Å². The Morgan fingerprint density at radius 3 is 2.15 bits per heavy atom. The van der Waals surface area contributed by atoms with Gasteiger partial charge in [-0.15, -0.1) is 11.6 Å². The van der Waals surface area contributed by atoms with Crippen LogP contribution in [0.25, 0.3) is 0 Å². The molecule has 0 aliphatic carbocycles. The van der Waals surface area contributed by atoms with Gasteiger partial charge in [-0.1, -0.05) is 30.3 Å². The van der Waals surface area contributed by atoms with Crippen molar-refractivity contribution in [3.63, 3.8) is 0 Å². The van der Waals surface area contributed by atoms with Crippen LogP contribution in [-0.4, -0.2) is 12.0 Å². The van der Waals surface area contributed by atoms with Gasteiger partial charge in [0, 0.05) is 5.30 Å². The lowest BCUT2D eigenvalue weighted by atomic mass is 10.1. The van der Waals surface area contributed by atoms with Crippen LogP contribution in [0.3, 0.4) is 0 Å². The van der Waals surface area contributed by atoms with E-state index >= 15 is 0 Å². The average molecular weight is 311 g/mol. The number of ether oxygens (including phenoxy) is 1. The normalized spacial score (nSPS) is 17.0. The molecule has 5 heteroatoms. The fourth-order valence-electron chi connectivity index (χ4n) is 1.94. The van der Waals surface area contributed by atoms with Crippen molar-refractivity contribution in [1.29, 1.82) is 0 Å². The monoisotopic (exact) mass is 310 g/mol. The van der Waals surface area contributed by atoms with Gasteiger partial charge in [0.15, 0.2) is 0 Å². The quantitative estimate of drug-likeness (QED) is 0.692. The molecule has 0 fully saturated rings. The molecule has 0 heterocycles. The maximum atomic E-state index is 12.8. The van der Waals surface area contributed by atoms with Crippen molar-refractivity contribution in [2.75, 3.05) is 7.11 Å². The van der Waals surface area contributed by atoms with Crippen LogP contribution in [-0.2, 0) is 9.18 Å². The average Bonchev–Trinajstić information content (AvgIpc) is 2.48. The van der Waals surface area contributed by atoms with E-state index in [1.165, 1.54) is 0 Å². The fourth-order valence-corrected chi connectivity index (χ4v) is 3.92. The summed E-state index contributed by atoms with van der Waals surface area (Å²) in [5, 5.41) is 0.341. The minimum atomic E-state index is -3.77. The van der Waals surface area contributed by atoms with Crippen LogP contribution >= 0.6 is 19.0 Å². The van der Waals surface area contributed by atoms with Gasteiger partial charge in [0.25, 0.3) is 7.37 Å². The SMILES string of the molecule is COc1ccc(C(C)(Cl)P(=O)(O)c2ccccc2)cc1. The maximum Gasteiger partial charge on any atom is 0.254 e. The van der Waals surface area contributed by atoms with E-state index in [-0.39, 0.29) is 0 Å². The molecular formula is C15H16ClO3P. The molecule has 0 saturated carbocycles. The Balaban J connectivity index is 2.45. The van der Waals surface area contributed by atoms with Gasteiger partial charge in [-0.2, -0.15) is 0 Å². The molecule has 2 rings (SSSR count). The Hall–Kier alpha value is -1.28. The Morgan fingerprint density at radius 2 is 1.65 bits per heavy atom. The molecular weight excluding hydrogens is 295 g/mol. The second-order valence-corrected chi connectivity index (χ2v) is 8.18. The third-order valence-electron chi connectivity index (χ3n) is 3.29. The summed E-state index contributed by atoms with van der Waals surface area (Å²) in [5.74, 6) is 0.675. The highest BCUT2D eigenvalue weighted by Crippen LogP contribution is 2.61. The summed E-state index contributed by atoms with van der Waals surface area (Å²) in [6.07, 6.45) is 0. The Kier molecular flexibility index (Phi) is 4.24. The van der Waals surface area contributed by atoms with Crippen molar-refractivity contribution in [2.45, 2.75) is 11.5 Å². The zero-order valence-corrected chi connectivity index (χ0v) is 12.9. The van der Waals surface area contributed by atoms with Crippen molar-refractivity contribution in [3.05, 3.63) is 60.2 Å². The molecule has 3 nitrogen and oxygen atoms in total. The van der Waals surface area contributed by atoms with E-state index < -0.39 is 12.0 Å². The topological polar surface area (TPSA) is 46.5 Å². The molecule has 1 N–H and O–H groups in total. The van der Waals surface area contributed by atoms with Crippen LogP contribution < -0.4 is 10.0 Å². The summed E-state index contributed by atoms with van der Waals surface area (Å²) in [5.41, 5.74) is 0.578. The number of hydrogen-bond acceptors (Lipinski definition) is 2. The van der Waals surface area contributed by atoms with Crippen LogP contribution in [0.15, 0.2) is 54.6 Å². The van der Waals surface area contributed by atoms with Crippen LogP contribution in [0.5, 0.6) is 5.75 Å². The number of halogens is 1. The molecule has 0 radical (unpaired) electrons. The number of methoxy groups -OCH3 is 1. The van der Waals surface area contributed by atoms with E-state index in [0.29, 0.717) is 16.6 Å². The van der Waals surface area contributed by atoms with E-state index in [4.69, 9.17) is 16.3 Å². The molecule has 106 valence electrons. The van der Waals surface area contributed by atoms with E-state index in [1.54, 1.807) is 68.6 Å². The summed E-state index contributed by atoms with van der Waals surface area (Å²) in [4.78, 5) is 10.5. The molecule has 0 amide bonds. The largest absolute Gasteiger partial charge is 0.497 e. The molecule has 2 aromatic rings. The van der Waals surface area contributed by atoms with Gasteiger partial charge in [-0.05, 0) is 36.8 Å². The van der Waals surface area contributed by atoms with E-state index in [1.807, 2.05) is 0 Å². The minimum Gasteiger partial charge on any atom is -0.497 e. The lowest BCUT2D eigenvalue weighted by Gasteiger charge is -2.28. The summed E-state index contributed by atoms with van der Waals surface area (Å²) in [6, 6.07) is 15.3. The van der Waals surface area contributed by atoms with E-state index in [0.717, 1.165) is 0 Å². The second kappa shape index (κ2) is 5.61. The number of alkyl halides is 1. The molecule has 0 spiro atoms. The first kappa shape index (κ1) is 15.1. The third-order valence-corrected chi connectivity index (χ3v) is 6.59. The van der Waals surface area contributed by atoms with E-state index in [9.17, 15) is 9.46 Å². The molecule has 0 aliphatic heterocycles. The lowest BCUT2D eigenvalue weighted by molar-refractivity contribution is 0.414. The maximum absolute atomic E-state index is 12.8. The molecule has 20 heavy (non-hydrogen) atoms. The van der Waals surface area contributed by atoms with Crippen molar-refractivity contribution < 1.29 is 14.2 Å². The number of benzene rings is 2. The summed E-state index contributed by atoms with van der Waals surface area (Å²) >= 11 is 6.43. The second-order valence-electron chi connectivity index (χ2n) is 4.59. The third kappa shape index (κ3) is 2.62. The fraction of sp³-hybridized carbons (Fsp3) is 0.200. The van der Waals surface area contributed by atoms with Crippen LogP contribution in [0.4, 0.5) is 0 Å². The molecule has 2 unspecified atom stereocenters. The lowest BCUT2D eigenvalue weighted by Crippen LogP contribution is -2.21. The predicted molar refractivity (Wildman–Crippen MR) is 82.1 cm³/mol. The first-order chi connectivity index (χ1) is 9.39. The zero-order valence-electron chi connectivity index (χ0n) is 11.3. The molecule has 0 bridgehead atoms. The van der Waals surface area contributed by atoms with Crippen LogP contribution in [0.2, 0.25) is 0 Å². The zero-order chi connectivity index (χ0) is 14.8. The van der Waals surface area contributed by atoms with Crippen molar-refractivity contribution in [1.82, 2.24) is 0 Å². The Labute approximate surface area is 123 Å². The van der Waals surface area contributed by atoms with Crippen molar-refractivity contribution in [3.8, 4) is 5.75 Å². The molecule has 2 aromatic carbocycles. The van der Waals surface area contributed by atoms with Gasteiger partial charge in [0.2, 0.25) is 0 Å². The van der Waals surface area contributed by atoms with Gasteiger partial charge >= 0.3 is 0 Å². The minimum absolute atomic E-state index is 0.341. The summed E-state index contributed by atoms with van der Waals surface area (Å²) in [7, 11) is -2.20. The standard InChI is InChI=1S/C15H16ClO3P/c1-15(16,12-8-10-13(19-2)11-9-12)20(17,18)14-6-4-3-5-7-14/h3-11H,1-2H3,(H,17,18). The predicted octanol–water partition coefficient (Wildman–Crippen LogP) is 3.70. The molecule has 0 aromatic heterocycles. The summed E-state index contributed by atoms with van der Waals surface area (Å²) in [6.45, 7) is 1.56. The Bertz CT molecular complexity index is 623. The first-order valence-corrected chi connectivity index (χ1v) is 8.15. The summed E-state index contributed by atoms with van der Waals surface area (Å²) < 4.78 is 16.5. The van der Waals surface area contributed by atoms with Gasteiger partial charge in [0.05, 0.1) is 7.11 Å². The first-order valence-electron chi connectivity index (χ1n) is 6.11. The highest BCUT2D eigenvalue weighted by atomic mass is 35.5. The molecule has 0 saturated heterocycles. The van der Waals surface area contributed by atoms with Gasteiger partial charge in [0.1, 0.15) is 10.4 Å². The number of hydrogen-bond donors (Lipinski definition) is 1.